The summed E-state index contributed by atoms with van der Waals surface area (Å²) in [7, 11) is 0. The van der Waals surface area contributed by atoms with Gasteiger partial charge in [-0.15, -0.1) is 0 Å². The lowest BCUT2D eigenvalue weighted by atomic mass is 10.1. The van der Waals surface area contributed by atoms with E-state index >= 15 is 0 Å². The zero-order valence-corrected chi connectivity index (χ0v) is 13.2. The Labute approximate surface area is 135 Å². The molecule has 1 N–H and O–H groups in total. The van der Waals surface area contributed by atoms with Crippen LogP contribution in [0.4, 0.5) is 5.69 Å². The summed E-state index contributed by atoms with van der Waals surface area (Å²) >= 11 is 0. The van der Waals surface area contributed by atoms with Crippen molar-refractivity contribution in [1.82, 2.24) is 10.3 Å². The fourth-order valence-corrected chi connectivity index (χ4v) is 2.73. The van der Waals surface area contributed by atoms with E-state index in [9.17, 15) is 9.59 Å². The van der Waals surface area contributed by atoms with Crippen molar-refractivity contribution in [2.75, 3.05) is 11.4 Å². The maximum absolute atomic E-state index is 12.8. The number of anilines is 1. The largest absolute Gasteiger partial charge is 0.350 e. The van der Waals surface area contributed by atoms with Crippen LogP contribution in [0.15, 0.2) is 42.7 Å². The second-order valence-electron chi connectivity index (χ2n) is 5.93. The Bertz CT molecular complexity index is 755. The Kier molecular flexibility index (Phi) is 4.10. The van der Waals surface area contributed by atoms with Gasteiger partial charge in [-0.05, 0) is 38.0 Å². The zero-order chi connectivity index (χ0) is 16.4. The van der Waals surface area contributed by atoms with Gasteiger partial charge in [-0.1, -0.05) is 18.2 Å². The molecule has 2 heterocycles. The Balaban J connectivity index is 1.85. The Morgan fingerprint density at radius 3 is 2.70 bits per heavy atom. The van der Waals surface area contributed by atoms with Crippen LogP contribution >= 0.6 is 0 Å². The topological polar surface area (TPSA) is 62.3 Å². The van der Waals surface area contributed by atoms with Crippen LogP contribution in [0.5, 0.6) is 0 Å². The maximum Gasteiger partial charge on any atom is 0.259 e. The number of para-hydroxylation sites is 1. The summed E-state index contributed by atoms with van der Waals surface area (Å²) in [5.41, 5.74) is 2.94. The van der Waals surface area contributed by atoms with Crippen LogP contribution in [-0.4, -0.2) is 29.4 Å². The lowest BCUT2D eigenvalue weighted by Gasteiger charge is -2.17. The van der Waals surface area contributed by atoms with Crippen molar-refractivity contribution in [2.24, 2.45) is 0 Å². The van der Waals surface area contributed by atoms with E-state index in [4.69, 9.17) is 0 Å². The van der Waals surface area contributed by atoms with E-state index in [1.165, 1.54) is 18.0 Å². The van der Waals surface area contributed by atoms with Crippen molar-refractivity contribution >= 4 is 17.5 Å². The molecule has 5 nitrogen and oxygen atoms in total. The normalized spacial score (nSPS) is 13.1. The van der Waals surface area contributed by atoms with Gasteiger partial charge in [0, 0.05) is 30.7 Å². The molecule has 0 saturated heterocycles. The van der Waals surface area contributed by atoms with Crippen LogP contribution in [0, 0.1) is 0 Å². The van der Waals surface area contributed by atoms with Crippen molar-refractivity contribution in [3.63, 3.8) is 0 Å². The molecule has 1 aliphatic heterocycles. The fraction of sp³-hybridized carbons (Fsp3) is 0.278. The molecule has 0 fully saturated rings. The monoisotopic (exact) mass is 309 g/mol. The van der Waals surface area contributed by atoms with Gasteiger partial charge in [0.05, 0.1) is 11.1 Å². The predicted octanol–water partition coefficient (Wildman–Crippen LogP) is 2.42. The molecule has 1 aliphatic rings. The summed E-state index contributed by atoms with van der Waals surface area (Å²) in [4.78, 5) is 30.6. The van der Waals surface area contributed by atoms with E-state index < -0.39 is 0 Å². The van der Waals surface area contributed by atoms with Gasteiger partial charge in [-0.3, -0.25) is 14.6 Å². The summed E-state index contributed by atoms with van der Waals surface area (Å²) in [6.07, 6.45) is 3.84. The smallest absolute Gasteiger partial charge is 0.259 e. The molecule has 0 unspecified atom stereocenters. The molecule has 1 aromatic heterocycles. The minimum atomic E-state index is -0.219. The van der Waals surface area contributed by atoms with Crippen molar-refractivity contribution in [3.05, 3.63) is 59.4 Å². The molecular weight excluding hydrogens is 290 g/mol. The van der Waals surface area contributed by atoms with E-state index in [1.807, 2.05) is 38.1 Å². The van der Waals surface area contributed by atoms with E-state index in [2.05, 4.69) is 10.3 Å². The number of hydrogen-bond donors (Lipinski definition) is 1. The van der Waals surface area contributed by atoms with Crippen LogP contribution in [0.1, 0.15) is 40.1 Å². The number of pyridine rings is 1. The van der Waals surface area contributed by atoms with Gasteiger partial charge in [0.2, 0.25) is 0 Å². The van der Waals surface area contributed by atoms with Crippen LogP contribution < -0.4 is 10.2 Å². The highest BCUT2D eigenvalue weighted by Gasteiger charge is 2.25. The van der Waals surface area contributed by atoms with Crippen LogP contribution in [0.3, 0.4) is 0 Å². The summed E-state index contributed by atoms with van der Waals surface area (Å²) in [5.74, 6) is -0.342. The summed E-state index contributed by atoms with van der Waals surface area (Å²) in [6.45, 7) is 4.43. The molecule has 3 rings (SSSR count). The third-order valence-electron chi connectivity index (χ3n) is 3.80. The highest BCUT2D eigenvalue weighted by atomic mass is 16.2. The van der Waals surface area contributed by atoms with E-state index in [-0.39, 0.29) is 17.9 Å². The first-order valence-corrected chi connectivity index (χ1v) is 7.72. The molecule has 5 heteroatoms. The van der Waals surface area contributed by atoms with Gasteiger partial charge in [-0.2, -0.15) is 0 Å². The third kappa shape index (κ3) is 3.08. The summed E-state index contributed by atoms with van der Waals surface area (Å²) in [6, 6.07) is 9.53. The number of hydrogen-bond acceptors (Lipinski definition) is 3. The SMILES string of the molecule is CC(C)NC(=O)c1cncc(C(=O)N2CCc3ccccc32)c1. The first kappa shape index (κ1) is 15.2. The minimum Gasteiger partial charge on any atom is -0.350 e. The fourth-order valence-electron chi connectivity index (χ4n) is 2.73. The molecule has 23 heavy (non-hydrogen) atoms. The molecule has 0 saturated carbocycles. The molecule has 0 spiro atoms. The number of nitrogens with one attached hydrogen (secondary N) is 1. The van der Waals surface area contributed by atoms with Gasteiger partial charge in [0.15, 0.2) is 0 Å². The number of rotatable bonds is 3. The Morgan fingerprint density at radius 2 is 1.91 bits per heavy atom. The zero-order valence-electron chi connectivity index (χ0n) is 13.2. The Hall–Kier alpha value is -2.69. The van der Waals surface area contributed by atoms with Crippen LogP contribution in [0.25, 0.3) is 0 Å². The van der Waals surface area contributed by atoms with Gasteiger partial charge in [0.1, 0.15) is 0 Å². The highest BCUT2D eigenvalue weighted by Crippen LogP contribution is 2.28. The first-order valence-electron chi connectivity index (χ1n) is 7.72. The highest BCUT2D eigenvalue weighted by molar-refractivity contribution is 6.08. The maximum atomic E-state index is 12.8. The number of aromatic nitrogens is 1. The average Bonchev–Trinajstić information content (AvgIpc) is 2.97. The van der Waals surface area contributed by atoms with Crippen molar-refractivity contribution in [1.29, 1.82) is 0 Å². The molecule has 0 atom stereocenters. The molecule has 2 aromatic rings. The molecule has 0 radical (unpaired) electrons. The number of nitrogens with zero attached hydrogens (tertiary/aromatic N) is 2. The summed E-state index contributed by atoms with van der Waals surface area (Å²) in [5, 5.41) is 2.81. The molecule has 0 bridgehead atoms. The molecular formula is C18H19N3O2. The van der Waals surface area contributed by atoms with E-state index in [1.54, 1.807) is 11.0 Å². The number of carbonyl (C=O) groups is 2. The van der Waals surface area contributed by atoms with Crippen molar-refractivity contribution in [2.45, 2.75) is 26.3 Å². The Morgan fingerprint density at radius 1 is 1.17 bits per heavy atom. The molecule has 118 valence electrons. The third-order valence-corrected chi connectivity index (χ3v) is 3.80. The van der Waals surface area contributed by atoms with Gasteiger partial charge < -0.3 is 10.2 Å². The second-order valence-corrected chi connectivity index (χ2v) is 5.93. The number of carbonyl (C=O) groups excluding carboxylic acids is 2. The van der Waals surface area contributed by atoms with Crippen LogP contribution in [0.2, 0.25) is 0 Å². The number of amides is 2. The quantitative estimate of drug-likeness (QED) is 0.947. The van der Waals surface area contributed by atoms with E-state index in [0.29, 0.717) is 17.7 Å². The number of benzene rings is 1. The predicted molar refractivity (Wildman–Crippen MR) is 88.7 cm³/mol. The lowest BCUT2D eigenvalue weighted by molar-refractivity contribution is 0.0942. The lowest BCUT2D eigenvalue weighted by Crippen LogP contribution is -2.31. The second kappa shape index (κ2) is 6.20. The van der Waals surface area contributed by atoms with Gasteiger partial charge in [0.25, 0.3) is 11.8 Å². The average molecular weight is 309 g/mol. The molecule has 0 aliphatic carbocycles. The molecule has 2 amide bonds. The first-order chi connectivity index (χ1) is 11.1. The minimum absolute atomic E-state index is 0.0346. The van der Waals surface area contributed by atoms with Gasteiger partial charge >= 0.3 is 0 Å². The molecule has 1 aromatic carbocycles. The van der Waals surface area contributed by atoms with Crippen molar-refractivity contribution < 1.29 is 9.59 Å². The summed E-state index contributed by atoms with van der Waals surface area (Å²) < 4.78 is 0. The number of fused-ring (bicyclic) bond motifs is 1. The van der Waals surface area contributed by atoms with Crippen LogP contribution in [-0.2, 0) is 6.42 Å². The van der Waals surface area contributed by atoms with Gasteiger partial charge in [-0.25, -0.2) is 0 Å². The van der Waals surface area contributed by atoms with Crippen molar-refractivity contribution in [3.8, 4) is 0 Å². The standard InChI is InChI=1S/C18H19N3O2/c1-12(2)20-17(22)14-9-15(11-19-10-14)18(23)21-8-7-13-5-3-4-6-16(13)21/h3-6,9-12H,7-8H2,1-2H3,(H,20,22). The van der Waals surface area contributed by atoms with E-state index in [0.717, 1.165) is 12.1 Å².